The third kappa shape index (κ3) is 4.59. The Kier molecular flexibility index (Phi) is 5.62. The van der Waals surface area contributed by atoms with E-state index in [-0.39, 0.29) is 17.3 Å². The second kappa shape index (κ2) is 6.54. The van der Waals surface area contributed by atoms with Crippen molar-refractivity contribution >= 4 is 37.9 Å². The molecule has 0 saturated carbocycles. The summed E-state index contributed by atoms with van der Waals surface area (Å²) in [5.74, 6) is 0.455. The standard InChI is InChI=1S/C11H16ClNO3S2/c1-2-18(15,16)7-3-6-17(14)11-5-4-9(12)8-10(11)13/h4-5,8H,2-3,6-7,13H2,1H3. The first-order chi connectivity index (χ1) is 8.35. The maximum atomic E-state index is 11.9. The molecule has 4 nitrogen and oxygen atoms in total. The van der Waals surface area contributed by atoms with Gasteiger partial charge >= 0.3 is 0 Å². The monoisotopic (exact) mass is 309 g/mol. The fourth-order valence-electron chi connectivity index (χ4n) is 1.39. The zero-order chi connectivity index (χ0) is 13.8. The number of benzene rings is 1. The van der Waals surface area contributed by atoms with Crippen molar-refractivity contribution in [1.29, 1.82) is 0 Å². The second-order valence-electron chi connectivity index (χ2n) is 3.82. The van der Waals surface area contributed by atoms with Crippen LogP contribution < -0.4 is 5.73 Å². The molecule has 0 spiro atoms. The molecule has 0 aromatic heterocycles. The largest absolute Gasteiger partial charge is 0.398 e. The first kappa shape index (κ1) is 15.5. The lowest BCUT2D eigenvalue weighted by molar-refractivity contribution is 0.596. The zero-order valence-corrected chi connectivity index (χ0v) is 12.4. The van der Waals surface area contributed by atoms with Crippen LogP contribution in [0.25, 0.3) is 0 Å². The van der Waals surface area contributed by atoms with Crippen LogP contribution in [0.5, 0.6) is 0 Å². The fourth-order valence-corrected chi connectivity index (χ4v) is 3.80. The van der Waals surface area contributed by atoms with Crippen LogP contribution in [0.1, 0.15) is 13.3 Å². The van der Waals surface area contributed by atoms with Crippen molar-refractivity contribution in [2.24, 2.45) is 0 Å². The van der Waals surface area contributed by atoms with Gasteiger partial charge in [-0.2, -0.15) is 0 Å². The van der Waals surface area contributed by atoms with Crippen molar-refractivity contribution in [3.63, 3.8) is 0 Å². The minimum Gasteiger partial charge on any atom is -0.398 e. The minimum atomic E-state index is -3.00. The molecule has 0 heterocycles. The maximum Gasteiger partial charge on any atom is 0.150 e. The Bertz CT molecular complexity index is 543. The van der Waals surface area contributed by atoms with Crippen LogP contribution in [0.15, 0.2) is 23.1 Å². The number of anilines is 1. The van der Waals surface area contributed by atoms with Gasteiger partial charge in [-0.25, -0.2) is 8.42 Å². The average molecular weight is 310 g/mol. The van der Waals surface area contributed by atoms with Gasteiger partial charge in [0.05, 0.1) is 21.4 Å². The second-order valence-corrected chi connectivity index (χ2v) is 8.27. The Balaban J connectivity index is 2.61. The van der Waals surface area contributed by atoms with E-state index in [0.717, 1.165) is 0 Å². The predicted octanol–water partition coefficient (Wildman–Crippen LogP) is 1.85. The highest BCUT2D eigenvalue weighted by Gasteiger charge is 2.11. The summed E-state index contributed by atoms with van der Waals surface area (Å²) in [7, 11) is -4.29. The molecule has 0 amide bonds. The molecule has 0 aliphatic rings. The molecule has 0 radical (unpaired) electrons. The van der Waals surface area contributed by atoms with E-state index in [4.69, 9.17) is 17.3 Å². The first-order valence-corrected chi connectivity index (χ1v) is 9.01. The van der Waals surface area contributed by atoms with Gasteiger partial charge in [0.1, 0.15) is 9.84 Å². The molecule has 1 rings (SSSR count). The highest BCUT2D eigenvalue weighted by atomic mass is 35.5. The summed E-state index contributed by atoms with van der Waals surface area (Å²) in [4.78, 5) is 0.508. The molecule has 1 aromatic carbocycles. The molecule has 0 bridgehead atoms. The van der Waals surface area contributed by atoms with Gasteiger partial charge in [-0.3, -0.25) is 4.21 Å². The van der Waals surface area contributed by atoms with Gasteiger partial charge in [-0.15, -0.1) is 0 Å². The number of rotatable bonds is 6. The van der Waals surface area contributed by atoms with Crippen molar-refractivity contribution in [2.75, 3.05) is 23.0 Å². The van der Waals surface area contributed by atoms with Gasteiger partial charge < -0.3 is 5.73 Å². The van der Waals surface area contributed by atoms with Gasteiger partial charge in [0.2, 0.25) is 0 Å². The van der Waals surface area contributed by atoms with Crippen LogP contribution in [-0.2, 0) is 20.6 Å². The lowest BCUT2D eigenvalue weighted by Crippen LogP contribution is -2.12. The van der Waals surface area contributed by atoms with E-state index in [1.807, 2.05) is 0 Å². The number of hydrogen-bond donors (Lipinski definition) is 1. The molecule has 1 atom stereocenters. The SMILES string of the molecule is CCS(=O)(=O)CCCS(=O)c1ccc(Cl)cc1N. The van der Waals surface area contributed by atoms with Gasteiger partial charge in [-0.05, 0) is 24.6 Å². The number of hydrogen-bond acceptors (Lipinski definition) is 4. The molecule has 0 saturated heterocycles. The molecule has 0 aliphatic heterocycles. The summed E-state index contributed by atoms with van der Waals surface area (Å²) >= 11 is 5.75. The van der Waals surface area contributed by atoms with Gasteiger partial charge in [0.25, 0.3) is 0 Å². The molecule has 1 aromatic rings. The minimum absolute atomic E-state index is 0.0583. The molecule has 2 N–H and O–H groups in total. The fraction of sp³-hybridized carbons (Fsp3) is 0.455. The Hall–Kier alpha value is -0.590. The highest BCUT2D eigenvalue weighted by Crippen LogP contribution is 2.21. The number of nitrogens with two attached hydrogens (primary N) is 1. The first-order valence-electron chi connectivity index (χ1n) is 5.49. The summed E-state index contributed by atoms with van der Waals surface area (Å²) in [5.41, 5.74) is 6.08. The van der Waals surface area contributed by atoms with Crippen LogP contribution in [0, 0.1) is 0 Å². The molecular weight excluding hydrogens is 294 g/mol. The zero-order valence-electron chi connectivity index (χ0n) is 10.1. The molecule has 1 unspecified atom stereocenters. The van der Waals surface area contributed by atoms with E-state index in [0.29, 0.717) is 22.0 Å². The maximum absolute atomic E-state index is 11.9. The topological polar surface area (TPSA) is 77.2 Å². The van der Waals surface area contributed by atoms with Crippen molar-refractivity contribution in [3.05, 3.63) is 23.2 Å². The lowest BCUT2D eigenvalue weighted by atomic mass is 10.3. The van der Waals surface area contributed by atoms with E-state index in [9.17, 15) is 12.6 Å². The van der Waals surface area contributed by atoms with E-state index in [1.54, 1.807) is 19.1 Å². The molecule has 0 fully saturated rings. The van der Waals surface area contributed by atoms with Crippen LogP contribution in [-0.4, -0.2) is 29.9 Å². The van der Waals surface area contributed by atoms with Gasteiger partial charge in [0, 0.05) is 22.2 Å². The van der Waals surface area contributed by atoms with Crippen molar-refractivity contribution in [2.45, 2.75) is 18.2 Å². The summed E-state index contributed by atoms with van der Waals surface area (Å²) in [6.07, 6.45) is 0.366. The van der Waals surface area contributed by atoms with Crippen LogP contribution in [0.4, 0.5) is 5.69 Å². The average Bonchev–Trinajstić information content (AvgIpc) is 2.28. The predicted molar refractivity (Wildman–Crippen MR) is 76.1 cm³/mol. The summed E-state index contributed by atoms with van der Waals surface area (Å²) in [6, 6.07) is 4.77. The van der Waals surface area contributed by atoms with Crippen LogP contribution in [0.3, 0.4) is 0 Å². The van der Waals surface area contributed by atoms with E-state index < -0.39 is 20.6 Å². The molecule has 7 heteroatoms. The van der Waals surface area contributed by atoms with Gasteiger partial charge in [0.15, 0.2) is 0 Å². The molecule has 0 aliphatic carbocycles. The van der Waals surface area contributed by atoms with E-state index >= 15 is 0 Å². The summed E-state index contributed by atoms with van der Waals surface area (Å²) in [6.45, 7) is 1.60. The smallest absolute Gasteiger partial charge is 0.150 e. The van der Waals surface area contributed by atoms with Crippen molar-refractivity contribution in [1.82, 2.24) is 0 Å². The molecule has 102 valence electrons. The number of sulfone groups is 1. The van der Waals surface area contributed by atoms with Gasteiger partial charge in [-0.1, -0.05) is 18.5 Å². The van der Waals surface area contributed by atoms with Crippen molar-refractivity contribution in [3.8, 4) is 0 Å². The third-order valence-corrected chi connectivity index (χ3v) is 5.99. The quantitative estimate of drug-likeness (QED) is 0.814. The Morgan fingerprint density at radius 3 is 2.61 bits per heavy atom. The Morgan fingerprint density at radius 1 is 1.39 bits per heavy atom. The highest BCUT2D eigenvalue weighted by molar-refractivity contribution is 7.91. The van der Waals surface area contributed by atoms with E-state index in [2.05, 4.69) is 0 Å². The summed E-state index contributed by atoms with van der Waals surface area (Å²) in [5, 5.41) is 0.488. The third-order valence-electron chi connectivity index (χ3n) is 2.44. The van der Waals surface area contributed by atoms with Crippen molar-refractivity contribution < 1.29 is 12.6 Å². The number of halogens is 1. The molecular formula is C11H16ClNO3S2. The summed E-state index contributed by atoms with van der Waals surface area (Å²) < 4.78 is 34.5. The lowest BCUT2D eigenvalue weighted by Gasteiger charge is -2.06. The Labute approximate surface area is 115 Å². The Morgan fingerprint density at radius 2 is 2.06 bits per heavy atom. The number of nitrogen functional groups attached to an aromatic ring is 1. The van der Waals surface area contributed by atoms with Crippen LogP contribution in [0.2, 0.25) is 5.02 Å². The normalized spacial score (nSPS) is 13.4. The van der Waals surface area contributed by atoms with Crippen LogP contribution >= 0.6 is 11.6 Å². The molecule has 18 heavy (non-hydrogen) atoms. The van der Waals surface area contributed by atoms with E-state index in [1.165, 1.54) is 6.07 Å².